The Kier molecular flexibility index (Phi) is 4.02. The third-order valence-corrected chi connectivity index (χ3v) is 3.12. The number of nitrogens with zero attached hydrogens (tertiary/aromatic N) is 2. The number of primary amides is 1. The number of hydrogen-bond donors (Lipinski definition) is 1. The van der Waals surface area contributed by atoms with Crippen molar-refractivity contribution in [3.05, 3.63) is 40.3 Å². The van der Waals surface area contributed by atoms with Gasteiger partial charge in [-0.05, 0) is 18.6 Å². The van der Waals surface area contributed by atoms with E-state index in [1.807, 2.05) is 31.2 Å². The summed E-state index contributed by atoms with van der Waals surface area (Å²) in [5.74, 6) is 0. The smallest absolute Gasteiger partial charge is 0.405 e. The maximum absolute atomic E-state index is 12.3. The van der Waals surface area contributed by atoms with Crippen LogP contribution in [0.2, 0.25) is 0 Å². The number of rotatable bonds is 4. The highest BCUT2D eigenvalue weighted by molar-refractivity contribution is 5.74. The van der Waals surface area contributed by atoms with Crippen molar-refractivity contribution in [2.24, 2.45) is 12.8 Å². The van der Waals surface area contributed by atoms with Gasteiger partial charge in [-0.25, -0.2) is 9.78 Å². The fraction of sp³-hybridized carbons (Fsp3) is 0.357. The molecule has 0 bridgehead atoms. The van der Waals surface area contributed by atoms with E-state index >= 15 is 0 Å². The molecule has 2 N–H and O–H groups in total. The van der Waals surface area contributed by atoms with Crippen LogP contribution in [-0.4, -0.2) is 15.6 Å². The topological polar surface area (TPSA) is 87.2 Å². The highest BCUT2D eigenvalue weighted by Gasteiger charge is 2.21. The summed E-state index contributed by atoms with van der Waals surface area (Å²) >= 11 is 0. The van der Waals surface area contributed by atoms with Crippen LogP contribution < -0.4 is 11.3 Å². The van der Waals surface area contributed by atoms with Gasteiger partial charge in [0.05, 0.1) is 11.0 Å². The molecule has 0 fully saturated rings. The zero-order valence-corrected chi connectivity index (χ0v) is 11.5. The van der Waals surface area contributed by atoms with Crippen molar-refractivity contribution in [2.75, 3.05) is 0 Å². The molecular formula is C14H17N3O3. The fourth-order valence-corrected chi connectivity index (χ4v) is 2.16. The van der Waals surface area contributed by atoms with Crippen LogP contribution in [0.15, 0.2) is 29.1 Å². The second kappa shape index (κ2) is 5.73. The molecule has 106 valence electrons. The molecule has 1 heterocycles. The lowest BCUT2D eigenvalue weighted by Gasteiger charge is -2.16. The molecule has 0 saturated heterocycles. The summed E-state index contributed by atoms with van der Waals surface area (Å²) in [7, 11) is 1.67. The van der Waals surface area contributed by atoms with Crippen molar-refractivity contribution in [2.45, 2.75) is 25.9 Å². The Labute approximate surface area is 116 Å². The minimum Gasteiger partial charge on any atom is -0.440 e. The molecule has 2 aromatic rings. The van der Waals surface area contributed by atoms with Crippen molar-refractivity contribution >= 4 is 17.1 Å². The first-order chi connectivity index (χ1) is 9.54. The molecule has 1 unspecified atom stereocenters. The Morgan fingerprint density at radius 3 is 2.80 bits per heavy atom. The first-order valence-corrected chi connectivity index (χ1v) is 6.46. The van der Waals surface area contributed by atoms with Gasteiger partial charge in [-0.2, -0.15) is 0 Å². The first-order valence-electron chi connectivity index (χ1n) is 6.46. The molecule has 1 amide bonds. The van der Waals surface area contributed by atoms with E-state index in [1.165, 1.54) is 4.57 Å². The van der Waals surface area contributed by atoms with Gasteiger partial charge in [0.25, 0.3) is 5.56 Å². The van der Waals surface area contributed by atoms with Crippen molar-refractivity contribution in [1.82, 2.24) is 9.55 Å². The Hall–Kier alpha value is -2.37. The standard InChI is InChI=1S/C14H17N3O3/c1-3-6-11(20-14(15)19)12-13(18)17(2)10-8-5-4-7-9(10)16-12/h4-5,7-8,11H,3,6H2,1-2H3,(H2,15,19). The van der Waals surface area contributed by atoms with Gasteiger partial charge in [0, 0.05) is 7.05 Å². The summed E-state index contributed by atoms with van der Waals surface area (Å²) < 4.78 is 6.53. The number of carbonyl (C=O) groups excluding carboxylic acids is 1. The molecule has 1 aromatic heterocycles. The maximum atomic E-state index is 12.3. The average Bonchev–Trinajstić information content (AvgIpc) is 2.42. The molecule has 1 aromatic carbocycles. The molecule has 2 rings (SSSR count). The van der Waals surface area contributed by atoms with Crippen LogP contribution in [0.1, 0.15) is 31.6 Å². The van der Waals surface area contributed by atoms with Crippen molar-refractivity contribution < 1.29 is 9.53 Å². The van der Waals surface area contributed by atoms with Crippen LogP contribution >= 0.6 is 0 Å². The number of hydrogen-bond acceptors (Lipinski definition) is 4. The molecule has 0 aliphatic carbocycles. The Bertz CT molecular complexity index is 694. The van der Waals surface area contributed by atoms with E-state index < -0.39 is 12.2 Å². The number of carbonyl (C=O) groups is 1. The SMILES string of the molecule is CCCC(OC(N)=O)c1nc2ccccc2n(C)c1=O. The summed E-state index contributed by atoms with van der Waals surface area (Å²) in [6.45, 7) is 1.93. The molecule has 6 nitrogen and oxygen atoms in total. The fourth-order valence-electron chi connectivity index (χ4n) is 2.16. The van der Waals surface area contributed by atoms with Crippen LogP contribution in [0.25, 0.3) is 11.0 Å². The van der Waals surface area contributed by atoms with Crippen molar-refractivity contribution in [3.63, 3.8) is 0 Å². The second-order valence-electron chi connectivity index (χ2n) is 4.56. The monoisotopic (exact) mass is 275 g/mol. The van der Waals surface area contributed by atoms with Crippen molar-refractivity contribution in [3.8, 4) is 0 Å². The van der Waals surface area contributed by atoms with Gasteiger partial charge in [0.15, 0.2) is 6.10 Å². The van der Waals surface area contributed by atoms with Gasteiger partial charge in [0.1, 0.15) is 5.69 Å². The summed E-state index contributed by atoms with van der Waals surface area (Å²) in [5.41, 5.74) is 6.42. The zero-order valence-electron chi connectivity index (χ0n) is 11.5. The Morgan fingerprint density at radius 1 is 1.45 bits per heavy atom. The third kappa shape index (κ3) is 2.64. The van der Waals surface area contributed by atoms with E-state index in [0.717, 1.165) is 11.9 Å². The van der Waals surface area contributed by atoms with Crippen LogP contribution in [0.5, 0.6) is 0 Å². The highest BCUT2D eigenvalue weighted by Crippen LogP contribution is 2.20. The minimum atomic E-state index is -0.902. The number of fused-ring (bicyclic) bond motifs is 1. The van der Waals surface area contributed by atoms with E-state index in [-0.39, 0.29) is 11.3 Å². The number of aromatic nitrogens is 2. The Morgan fingerprint density at radius 2 is 2.15 bits per heavy atom. The summed E-state index contributed by atoms with van der Waals surface area (Å²) in [6.07, 6.45) is -0.361. The van der Waals surface area contributed by atoms with Gasteiger partial charge in [-0.15, -0.1) is 0 Å². The molecule has 20 heavy (non-hydrogen) atoms. The van der Waals surface area contributed by atoms with Crippen LogP contribution in [0.4, 0.5) is 4.79 Å². The molecular weight excluding hydrogens is 258 g/mol. The number of aryl methyl sites for hydroxylation is 1. The summed E-state index contributed by atoms with van der Waals surface area (Å²) in [5, 5.41) is 0. The van der Waals surface area contributed by atoms with E-state index in [2.05, 4.69) is 4.98 Å². The maximum Gasteiger partial charge on any atom is 0.405 e. The predicted molar refractivity (Wildman–Crippen MR) is 75.3 cm³/mol. The number of para-hydroxylation sites is 2. The molecule has 0 aliphatic heterocycles. The molecule has 6 heteroatoms. The van der Waals surface area contributed by atoms with E-state index in [4.69, 9.17) is 10.5 Å². The quantitative estimate of drug-likeness (QED) is 0.922. The largest absolute Gasteiger partial charge is 0.440 e. The normalized spacial score (nSPS) is 12.3. The molecule has 1 atom stereocenters. The van der Waals surface area contributed by atoms with E-state index in [9.17, 15) is 9.59 Å². The minimum absolute atomic E-state index is 0.215. The number of amides is 1. The second-order valence-corrected chi connectivity index (χ2v) is 4.56. The number of nitrogens with two attached hydrogens (primary N) is 1. The predicted octanol–water partition coefficient (Wildman–Crippen LogP) is 1.87. The lowest BCUT2D eigenvalue weighted by atomic mass is 10.1. The van der Waals surface area contributed by atoms with Crippen LogP contribution in [0, 0.1) is 0 Å². The molecule has 0 aliphatic rings. The van der Waals surface area contributed by atoms with Crippen LogP contribution in [-0.2, 0) is 11.8 Å². The number of ether oxygens (including phenoxy) is 1. The van der Waals surface area contributed by atoms with Gasteiger partial charge in [-0.1, -0.05) is 25.5 Å². The van der Waals surface area contributed by atoms with Crippen LogP contribution in [0.3, 0.4) is 0 Å². The molecule has 0 spiro atoms. The average molecular weight is 275 g/mol. The zero-order chi connectivity index (χ0) is 14.7. The molecule has 0 radical (unpaired) electrons. The summed E-state index contributed by atoms with van der Waals surface area (Å²) in [6, 6.07) is 7.31. The lowest BCUT2D eigenvalue weighted by Crippen LogP contribution is -2.28. The third-order valence-electron chi connectivity index (χ3n) is 3.12. The van der Waals surface area contributed by atoms with Gasteiger partial charge in [0.2, 0.25) is 0 Å². The van der Waals surface area contributed by atoms with Gasteiger partial charge >= 0.3 is 6.09 Å². The Balaban J connectivity index is 2.59. The summed E-state index contributed by atoms with van der Waals surface area (Å²) in [4.78, 5) is 27.7. The van der Waals surface area contributed by atoms with E-state index in [1.54, 1.807) is 7.05 Å². The van der Waals surface area contributed by atoms with E-state index in [0.29, 0.717) is 11.9 Å². The van der Waals surface area contributed by atoms with Gasteiger partial charge in [-0.3, -0.25) is 4.79 Å². The number of benzene rings is 1. The lowest BCUT2D eigenvalue weighted by molar-refractivity contribution is 0.0973. The van der Waals surface area contributed by atoms with Crippen molar-refractivity contribution in [1.29, 1.82) is 0 Å². The van der Waals surface area contributed by atoms with Gasteiger partial charge < -0.3 is 15.0 Å². The highest BCUT2D eigenvalue weighted by atomic mass is 16.6. The molecule has 0 saturated carbocycles. The first kappa shape index (κ1) is 14.0.